The van der Waals surface area contributed by atoms with E-state index in [4.69, 9.17) is 0 Å². The van der Waals surface area contributed by atoms with Crippen molar-refractivity contribution in [1.29, 1.82) is 0 Å². The van der Waals surface area contributed by atoms with E-state index in [-0.39, 0.29) is 0 Å². The molecule has 1 unspecified atom stereocenters. The molecule has 0 aromatic rings. The van der Waals surface area contributed by atoms with Crippen LogP contribution < -0.4 is 0 Å². The predicted molar refractivity (Wildman–Crippen MR) is 62.9 cm³/mol. The molecule has 2 heteroatoms. The Kier molecular flexibility index (Phi) is 3.36. The molecule has 0 aromatic carbocycles. The fourth-order valence-electron chi connectivity index (χ4n) is 3.25. The Morgan fingerprint density at radius 3 is 2.47 bits per heavy atom. The standard InChI is InChI=1S/C13H25NO/c1-13(2)7-5-11(6-8-13)14-9-3-4-12(14)10-15/h11-12,15H,3-10H2,1-2H3. The molecule has 1 aliphatic heterocycles. The van der Waals surface area contributed by atoms with Crippen LogP contribution in [0.4, 0.5) is 0 Å². The van der Waals surface area contributed by atoms with E-state index < -0.39 is 0 Å². The van der Waals surface area contributed by atoms with Gasteiger partial charge in [0.25, 0.3) is 0 Å². The zero-order chi connectivity index (χ0) is 10.9. The summed E-state index contributed by atoms with van der Waals surface area (Å²) in [7, 11) is 0. The summed E-state index contributed by atoms with van der Waals surface area (Å²) in [6.07, 6.45) is 7.87. The van der Waals surface area contributed by atoms with Crippen molar-refractivity contribution >= 4 is 0 Å². The number of aliphatic hydroxyl groups is 1. The van der Waals surface area contributed by atoms with Crippen LogP contribution in [0.2, 0.25) is 0 Å². The minimum atomic E-state index is 0.361. The average Bonchev–Trinajstić information content (AvgIpc) is 2.65. The van der Waals surface area contributed by atoms with Gasteiger partial charge in [0.2, 0.25) is 0 Å². The summed E-state index contributed by atoms with van der Waals surface area (Å²) >= 11 is 0. The van der Waals surface area contributed by atoms with Crippen LogP contribution in [0.5, 0.6) is 0 Å². The first kappa shape index (κ1) is 11.4. The van der Waals surface area contributed by atoms with Gasteiger partial charge < -0.3 is 5.11 Å². The molecule has 2 rings (SSSR count). The van der Waals surface area contributed by atoms with Crippen LogP contribution in [0, 0.1) is 5.41 Å². The van der Waals surface area contributed by atoms with Gasteiger partial charge in [0.1, 0.15) is 0 Å². The Morgan fingerprint density at radius 2 is 1.87 bits per heavy atom. The molecule has 15 heavy (non-hydrogen) atoms. The minimum absolute atomic E-state index is 0.361. The number of rotatable bonds is 2. The first-order valence-electron chi connectivity index (χ1n) is 6.49. The van der Waals surface area contributed by atoms with Crippen molar-refractivity contribution in [3.8, 4) is 0 Å². The molecule has 2 aliphatic rings. The number of aliphatic hydroxyl groups excluding tert-OH is 1. The molecular weight excluding hydrogens is 186 g/mol. The fourth-order valence-corrected chi connectivity index (χ4v) is 3.25. The van der Waals surface area contributed by atoms with Gasteiger partial charge in [-0.05, 0) is 50.5 Å². The van der Waals surface area contributed by atoms with E-state index in [0.717, 1.165) is 6.04 Å². The maximum atomic E-state index is 9.33. The number of nitrogens with zero attached hydrogens (tertiary/aromatic N) is 1. The van der Waals surface area contributed by atoms with Crippen molar-refractivity contribution < 1.29 is 5.11 Å². The molecule has 0 bridgehead atoms. The van der Waals surface area contributed by atoms with E-state index in [2.05, 4.69) is 18.7 Å². The lowest BCUT2D eigenvalue weighted by molar-refractivity contribution is 0.0712. The third-order valence-electron chi connectivity index (χ3n) is 4.41. The normalized spacial score (nSPS) is 33.4. The van der Waals surface area contributed by atoms with Gasteiger partial charge in [-0.3, -0.25) is 4.90 Å². The van der Waals surface area contributed by atoms with Crippen molar-refractivity contribution in [3.63, 3.8) is 0 Å². The summed E-state index contributed by atoms with van der Waals surface area (Å²) in [4.78, 5) is 2.58. The molecule has 88 valence electrons. The number of hydrogen-bond acceptors (Lipinski definition) is 2. The Bertz CT molecular complexity index is 205. The molecule has 0 radical (unpaired) electrons. The first-order valence-corrected chi connectivity index (χ1v) is 6.49. The molecule has 2 fully saturated rings. The molecule has 0 spiro atoms. The Labute approximate surface area is 93.7 Å². The molecule has 1 saturated heterocycles. The molecule has 1 saturated carbocycles. The number of hydrogen-bond donors (Lipinski definition) is 1. The van der Waals surface area contributed by atoms with Crippen LogP contribution >= 0.6 is 0 Å². The fraction of sp³-hybridized carbons (Fsp3) is 1.00. The van der Waals surface area contributed by atoms with Crippen LogP contribution in [0.3, 0.4) is 0 Å². The Hall–Kier alpha value is -0.0800. The second-order valence-corrected chi connectivity index (χ2v) is 6.11. The van der Waals surface area contributed by atoms with Gasteiger partial charge in [-0.15, -0.1) is 0 Å². The zero-order valence-electron chi connectivity index (χ0n) is 10.2. The van der Waals surface area contributed by atoms with Gasteiger partial charge in [-0.25, -0.2) is 0 Å². The second kappa shape index (κ2) is 4.42. The maximum absolute atomic E-state index is 9.33. The molecule has 0 amide bonds. The smallest absolute Gasteiger partial charge is 0.0586 e. The highest BCUT2D eigenvalue weighted by Gasteiger charge is 2.34. The van der Waals surface area contributed by atoms with Crippen molar-refractivity contribution in [3.05, 3.63) is 0 Å². The van der Waals surface area contributed by atoms with Gasteiger partial charge in [0, 0.05) is 12.1 Å². The third-order valence-corrected chi connectivity index (χ3v) is 4.41. The topological polar surface area (TPSA) is 23.5 Å². The largest absolute Gasteiger partial charge is 0.395 e. The Balaban J connectivity index is 1.89. The van der Waals surface area contributed by atoms with E-state index in [1.54, 1.807) is 0 Å². The van der Waals surface area contributed by atoms with Gasteiger partial charge in [-0.1, -0.05) is 13.8 Å². The quantitative estimate of drug-likeness (QED) is 0.758. The molecule has 1 atom stereocenters. The first-order chi connectivity index (χ1) is 7.12. The Morgan fingerprint density at radius 1 is 1.20 bits per heavy atom. The van der Waals surface area contributed by atoms with E-state index in [1.807, 2.05) is 0 Å². The van der Waals surface area contributed by atoms with E-state index in [9.17, 15) is 5.11 Å². The lowest BCUT2D eigenvalue weighted by Gasteiger charge is -2.40. The van der Waals surface area contributed by atoms with Crippen molar-refractivity contribution in [1.82, 2.24) is 4.90 Å². The zero-order valence-corrected chi connectivity index (χ0v) is 10.2. The van der Waals surface area contributed by atoms with E-state index >= 15 is 0 Å². The third kappa shape index (κ3) is 2.54. The van der Waals surface area contributed by atoms with Crippen molar-refractivity contribution in [2.24, 2.45) is 5.41 Å². The van der Waals surface area contributed by atoms with Crippen LogP contribution in [0.15, 0.2) is 0 Å². The average molecular weight is 211 g/mol. The molecule has 2 nitrogen and oxygen atoms in total. The van der Waals surface area contributed by atoms with Gasteiger partial charge in [-0.2, -0.15) is 0 Å². The SMILES string of the molecule is CC1(C)CCC(N2CCCC2CO)CC1. The second-order valence-electron chi connectivity index (χ2n) is 6.11. The lowest BCUT2D eigenvalue weighted by Crippen LogP contribution is -2.43. The molecule has 0 aromatic heterocycles. The summed E-state index contributed by atoms with van der Waals surface area (Å²) in [5.74, 6) is 0. The van der Waals surface area contributed by atoms with Gasteiger partial charge in [0.05, 0.1) is 6.61 Å². The van der Waals surface area contributed by atoms with Crippen LogP contribution in [-0.4, -0.2) is 35.2 Å². The van der Waals surface area contributed by atoms with E-state index in [1.165, 1.54) is 45.1 Å². The summed E-state index contributed by atoms with van der Waals surface area (Å²) in [6.45, 7) is 6.35. The van der Waals surface area contributed by atoms with Crippen LogP contribution in [0.25, 0.3) is 0 Å². The summed E-state index contributed by atoms with van der Waals surface area (Å²) in [5, 5.41) is 9.33. The summed E-state index contributed by atoms with van der Waals surface area (Å²) in [6, 6.07) is 1.23. The highest BCUT2D eigenvalue weighted by molar-refractivity contribution is 4.89. The number of likely N-dealkylation sites (tertiary alicyclic amines) is 1. The van der Waals surface area contributed by atoms with Crippen molar-refractivity contribution in [2.75, 3.05) is 13.2 Å². The molecular formula is C13H25NO. The molecule has 1 heterocycles. The van der Waals surface area contributed by atoms with Crippen LogP contribution in [0.1, 0.15) is 52.4 Å². The van der Waals surface area contributed by atoms with Gasteiger partial charge in [0.15, 0.2) is 0 Å². The highest BCUT2D eigenvalue weighted by atomic mass is 16.3. The van der Waals surface area contributed by atoms with Crippen LogP contribution in [-0.2, 0) is 0 Å². The predicted octanol–water partition coefficient (Wildman–Crippen LogP) is 2.41. The maximum Gasteiger partial charge on any atom is 0.0586 e. The van der Waals surface area contributed by atoms with E-state index in [0.29, 0.717) is 18.1 Å². The molecule has 1 N–H and O–H groups in total. The summed E-state index contributed by atoms with van der Waals surface area (Å²) < 4.78 is 0. The monoisotopic (exact) mass is 211 g/mol. The minimum Gasteiger partial charge on any atom is -0.395 e. The lowest BCUT2D eigenvalue weighted by atomic mass is 9.75. The van der Waals surface area contributed by atoms with Crippen molar-refractivity contribution in [2.45, 2.75) is 64.5 Å². The van der Waals surface area contributed by atoms with Gasteiger partial charge >= 0.3 is 0 Å². The summed E-state index contributed by atoms with van der Waals surface area (Å²) in [5.41, 5.74) is 0.560. The highest BCUT2D eigenvalue weighted by Crippen LogP contribution is 2.38. The molecule has 1 aliphatic carbocycles.